The van der Waals surface area contributed by atoms with Crippen LogP contribution in [0, 0.1) is 16.0 Å². The lowest BCUT2D eigenvalue weighted by atomic mass is 9.76. The second-order valence-corrected chi connectivity index (χ2v) is 7.43. The van der Waals surface area contributed by atoms with Crippen LogP contribution in [0.1, 0.15) is 43.4 Å². The summed E-state index contributed by atoms with van der Waals surface area (Å²) in [5.41, 5.74) is 3.71. The average Bonchev–Trinajstić information content (AvgIpc) is 3.19. The third kappa shape index (κ3) is 2.99. The van der Waals surface area contributed by atoms with Crippen molar-refractivity contribution in [2.24, 2.45) is 5.92 Å². The van der Waals surface area contributed by atoms with Crippen molar-refractivity contribution in [3.8, 4) is 5.75 Å². The molecule has 146 valence electrons. The zero-order valence-electron chi connectivity index (χ0n) is 16.1. The maximum absolute atomic E-state index is 11.2. The van der Waals surface area contributed by atoms with E-state index in [0.29, 0.717) is 5.69 Å². The number of hydrogen-bond acceptors (Lipinski definition) is 5. The number of anilines is 2. The lowest BCUT2D eigenvalue weighted by Gasteiger charge is -2.37. The van der Waals surface area contributed by atoms with Gasteiger partial charge in [0.05, 0.1) is 22.7 Å². The number of allylic oxidation sites excluding steroid dienone is 2. The Labute approximate surface area is 164 Å². The molecule has 28 heavy (non-hydrogen) atoms. The van der Waals surface area contributed by atoms with E-state index in [1.807, 2.05) is 0 Å². The van der Waals surface area contributed by atoms with Crippen molar-refractivity contribution in [3.05, 3.63) is 69.8 Å². The van der Waals surface area contributed by atoms with Gasteiger partial charge in [-0.25, -0.2) is 0 Å². The van der Waals surface area contributed by atoms with Gasteiger partial charge in [0.1, 0.15) is 5.75 Å². The van der Waals surface area contributed by atoms with Gasteiger partial charge in [-0.15, -0.1) is 0 Å². The highest BCUT2D eigenvalue weighted by molar-refractivity contribution is 5.70. The summed E-state index contributed by atoms with van der Waals surface area (Å²) in [6, 6.07) is 11.5. The third-order valence-corrected chi connectivity index (χ3v) is 6.02. The van der Waals surface area contributed by atoms with Gasteiger partial charge in [-0.2, -0.15) is 0 Å². The van der Waals surface area contributed by atoms with Crippen LogP contribution in [0.3, 0.4) is 0 Å². The molecule has 6 heteroatoms. The van der Waals surface area contributed by atoms with Crippen molar-refractivity contribution in [1.82, 2.24) is 0 Å². The van der Waals surface area contributed by atoms with E-state index < -0.39 is 4.92 Å². The second-order valence-electron chi connectivity index (χ2n) is 7.43. The Balaban J connectivity index is 1.71. The molecule has 1 heterocycles. The molecule has 0 amide bonds. The number of rotatable bonds is 5. The fraction of sp³-hybridized carbons (Fsp3) is 0.364. The van der Waals surface area contributed by atoms with Crippen LogP contribution in [0.25, 0.3) is 0 Å². The number of phenolic OH excluding ortho intramolecular Hbond substituents is 1. The first kappa shape index (κ1) is 18.3. The van der Waals surface area contributed by atoms with Gasteiger partial charge in [-0.3, -0.25) is 10.1 Å². The van der Waals surface area contributed by atoms with Gasteiger partial charge in [-0.05, 0) is 49.4 Å². The lowest BCUT2D eigenvalue weighted by Crippen LogP contribution is -2.29. The van der Waals surface area contributed by atoms with Gasteiger partial charge < -0.3 is 15.3 Å². The van der Waals surface area contributed by atoms with Crippen molar-refractivity contribution in [2.75, 3.05) is 23.3 Å². The van der Waals surface area contributed by atoms with Crippen molar-refractivity contribution < 1.29 is 10.0 Å². The second kappa shape index (κ2) is 7.19. The quantitative estimate of drug-likeness (QED) is 0.332. The number of nitro benzene ring substituents is 1. The van der Waals surface area contributed by atoms with E-state index in [0.717, 1.165) is 30.6 Å². The van der Waals surface area contributed by atoms with E-state index in [1.165, 1.54) is 11.8 Å². The molecule has 2 N–H and O–H groups in total. The predicted octanol–water partition coefficient (Wildman–Crippen LogP) is 4.97. The summed E-state index contributed by atoms with van der Waals surface area (Å²) in [6.07, 6.45) is 5.16. The van der Waals surface area contributed by atoms with Gasteiger partial charge >= 0.3 is 0 Å². The van der Waals surface area contributed by atoms with Gasteiger partial charge in [-0.1, -0.05) is 24.3 Å². The van der Waals surface area contributed by atoms with Gasteiger partial charge in [0.25, 0.3) is 5.69 Å². The number of nitrogens with one attached hydrogen (secondary N) is 1. The molecule has 4 rings (SSSR count). The number of hydrogen-bond donors (Lipinski definition) is 2. The summed E-state index contributed by atoms with van der Waals surface area (Å²) in [7, 11) is 0. The summed E-state index contributed by atoms with van der Waals surface area (Å²) >= 11 is 0. The monoisotopic (exact) mass is 379 g/mol. The van der Waals surface area contributed by atoms with Gasteiger partial charge in [0, 0.05) is 30.8 Å². The number of fused-ring (bicyclic) bond motifs is 3. The molecule has 0 spiro atoms. The highest BCUT2D eigenvalue weighted by atomic mass is 16.6. The SMILES string of the molecule is CCN(CC)c1ccc(C2Nc3c(O)cc([N+](=O)[O-])cc3C3C=CCC32)cc1. The summed E-state index contributed by atoms with van der Waals surface area (Å²) in [5.74, 6) is 0.274. The van der Waals surface area contributed by atoms with Crippen LogP contribution in [-0.2, 0) is 0 Å². The first-order valence-electron chi connectivity index (χ1n) is 9.82. The molecular weight excluding hydrogens is 354 g/mol. The highest BCUT2D eigenvalue weighted by Gasteiger charge is 2.39. The molecule has 1 aliphatic carbocycles. The van der Waals surface area contributed by atoms with Gasteiger partial charge in [0.15, 0.2) is 0 Å². The molecule has 2 aliphatic rings. The Morgan fingerprint density at radius 2 is 1.93 bits per heavy atom. The maximum atomic E-state index is 11.2. The van der Waals surface area contributed by atoms with Crippen molar-refractivity contribution >= 4 is 17.1 Å². The molecule has 6 nitrogen and oxygen atoms in total. The van der Waals surface area contributed by atoms with Crippen LogP contribution in [-0.4, -0.2) is 23.1 Å². The number of phenols is 1. The summed E-state index contributed by atoms with van der Waals surface area (Å²) in [6.45, 7) is 6.22. The third-order valence-electron chi connectivity index (χ3n) is 6.02. The van der Waals surface area contributed by atoms with Crippen molar-refractivity contribution in [2.45, 2.75) is 32.2 Å². The molecular formula is C22H25N3O3. The molecule has 2 aromatic rings. The van der Waals surface area contributed by atoms with Crippen LogP contribution in [0.2, 0.25) is 0 Å². The zero-order valence-corrected chi connectivity index (χ0v) is 16.1. The van der Waals surface area contributed by atoms with E-state index in [-0.39, 0.29) is 29.3 Å². The Morgan fingerprint density at radius 1 is 1.21 bits per heavy atom. The first-order chi connectivity index (χ1) is 13.5. The fourth-order valence-electron chi connectivity index (χ4n) is 4.58. The van der Waals surface area contributed by atoms with Gasteiger partial charge in [0.2, 0.25) is 0 Å². The van der Waals surface area contributed by atoms with E-state index in [2.05, 4.69) is 60.5 Å². The topological polar surface area (TPSA) is 78.6 Å². The minimum Gasteiger partial charge on any atom is -0.506 e. The van der Waals surface area contributed by atoms with Crippen molar-refractivity contribution in [1.29, 1.82) is 0 Å². The largest absolute Gasteiger partial charge is 0.506 e. The van der Waals surface area contributed by atoms with Crippen LogP contribution in [0.15, 0.2) is 48.6 Å². The Bertz CT molecular complexity index is 919. The smallest absolute Gasteiger partial charge is 0.273 e. The van der Waals surface area contributed by atoms with Crippen LogP contribution >= 0.6 is 0 Å². The molecule has 0 saturated carbocycles. The van der Waals surface area contributed by atoms with Crippen LogP contribution in [0.4, 0.5) is 17.1 Å². The van der Waals surface area contributed by atoms with E-state index in [1.54, 1.807) is 6.07 Å². The molecule has 1 aliphatic heterocycles. The Hall–Kier alpha value is -3.02. The average molecular weight is 379 g/mol. The highest BCUT2D eigenvalue weighted by Crippen LogP contribution is 2.53. The molecule has 2 aromatic carbocycles. The first-order valence-corrected chi connectivity index (χ1v) is 9.82. The molecule has 0 fully saturated rings. The Morgan fingerprint density at radius 3 is 2.57 bits per heavy atom. The minimum absolute atomic E-state index is 0.0469. The summed E-state index contributed by atoms with van der Waals surface area (Å²) in [4.78, 5) is 13.1. The van der Waals surface area contributed by atoms with Crippen molar-refractivity contribution in [3.63, 3.8) is 0 Å². The molecule has 3 unspecified atom stereocenters. The predicted molar refractivity (Wildman–Crippen MR) is 111 cm³/mol. The number of nitrogens with zero attached hydrogens (tertiary/aromatic N) is 2. The normalized spacial score (nSPS) is 22.3. The van der Waals surface area contributed by atoms with E-state index >= 15 is 0 Å². The molecule has 0 aromatic heterocycles. The lowest BCUT2D eigenvalue weighted by molar-refractivity contribution is -0.385. The molecule has 0 bridgehead atoms. The Kier molecular flexibility index (Phi) is 4.71. The number of aromatic hydroxyl groups is 1. The summed E-state index contributed by atoms with van der Waals surface area (Å²) in [5, 5.41) is 25.1. The standard InChI is InChI=1S/C22H25N3O3/c1-3-24(4-2)15-10-8-14(9-11-15)21-18-7-5-6-17(18)19-12-16(25(27)28)13-20(26)22(19)23-21/h5-6,8-13,17-18,21,23,26H,3-4,7H2,1-2H3. The number of benzene rings is 2. The fourth-order valence-corrected chi connectivity index (χ4v) is 4.58. The maximum Gasteiger partial charge on any atom is 0.273 e. The summed E-state index contributed by atoms with van der Waals surface area (Å²) < 4.78 is 0. The number of non-ortho nitro benzene ring substituents is 1. The molecule has 0 saturated heterocycles. The van der Waals surface area contributed by atoms with Crippen LogP contribution in [0.5, 0.6) is 5.75 Å². The molecule has 3 atom stereocenters. The van der Waals surface area contributed by atoms with E-state index in [4.69, 9.17) is 0 Å². The zero-order chi connectivity index (χ0) is 19.8. The van der Waals surface area contributed by atoms with E-state index in [9.17, 15) is 15.2 Å². The minimum atomic E-state index is -0.453. The van der Waals surface area contributed by atoms with Crippen LogP contribution < -0.4 is 10.2 Å². The number of nitro groups is 1. The molecule has 0 radical (unpaired) electrons.